The first kappa shape index (κ1) is 19.3. The summed E-state index contributed by atoms with van der Waals surface area (Å²) >= 11 is 9.38. The van der Waals surface area contributed by atoms with Crippen molar-refractivity contribution in [2.45, 2.75) is 26.6 Å². The van der Waals surface area contributed by atoms with Crippen LogP contribution in [-0.4, -0.2) is 29.6 Å². The van der Waals surface area contributed by atoms with Crippen molar-refractivity contribution in [1.29, 1.82) is 0 Å². The predicted octanol–water partition coefficient (Wildman–Crippen LogP) is 5.06. The summed E-state index contributed by atoms with van der Waals surface area (Å²) in [6.07, 6.45) is -0.595. The van der Waals surface area contributed by atoms with E-state index in [1.165, 1.54) is 0 Å². The van der Waals surface area contributed by atoms with E-state index < -0.39 is 6.10 Å². The lowest BCUT2D eigenvalue weighted by molar-refractivity contribution is 0.115. The molecule has 0 aliphatic rings. The van der Waals surface area contributed by atoms with Crippen LogP contribution in [0.3, 0.4) is 0 Å². The van der Waals surface area contributed by atoms with Crippen molar-refractivity contribution in [1.82, 2.24) is 4.90 Å². The van der Waals surface area contributed by atoms with Crippen LogP contribution in [0.2, 0.25) is 5.02 Å². The van der Waals surface area contributed by atoms with Gasteiger partial charge in [-0.1, -0.05) is 53.5 Å². The Morgan fingerprint density at radius 1 is 1.12 bits per heavy atom. The van der Waals surface area contributed by atoms with Gasteiger partial charge >= 0.3 is 0 Å². The van der Waals surface area contributed by atoms with Gasteiger partial charge in [0.05, 0.1) is 6.10 Å². The maximum atomic E-state index is 10.6. The number of aliphatic hydroxyl groups is 1. The molecule has 24 heavy (non-hydrogen) atoms. The van der Waals surface area contributed by atoms with E-state index in [1.807, 2.05) is 42.5 Å². The summed E-state index contributed by atoms with van der Waals surface area (Å²) < 4.78 is 6.87. The molecule has 0 aliphatic carbocycles. The molecule has 1 atom stereocenters. The molecule has 0 spiro atoms. The van der Waals surface area contributed by atoms with Gasteiger partial charge in [0.15, 0.2) is 0 Å². The Kier molecular flexibility index (Phi) is 7.56. The van der Waals surface area contributed by atoms with E-state index in [0.29, 0.717) is 23.9 Å². The van der Waals surface area contributed by atoms with Gasteiger partial charge in [0.1, 0.15) is 12.4 Å². The normalized spacial score (nSPS) is 12.4. The molecule has 0 fully saturated rings. The van der Waals surface area contributed by atoms with E-state index in [1.54, 1.807) is 0 Å². The fourth-order valence-corrected chi connectivity index (χ4v) is 2.98. The molecule has 2 rings (SSSR count). The molecule has 0 radical (unpaired) electrons. The minimum Gasteiger partial charge on any atom is -0.489 e. The summed E-state index contributed by atoms with van der Waals surface area (Å²) in [6.45, 7) is 7.01. The van der Waals surface area contributed by atoms with E-state index in [0.717, 1.165) is 28.7 Å². The second-order valence-electron chi connectivity index (χ2n) is 5.60. The fraction of sp³-hybridized carbons (Fsp3) is 0.368. The van der Waals surface area contributed by atoms with Crippen LogP contribution in [-0.2, 0) is 6.61 Å². The summed E-state index contributed by atoms with van der Waals surface area (Å²) in [7, 11) is 0. The van der Waals surface area contributed by atoms with E-state index in [-0.39, 0.29) is 0 Å². The summed E-state index contributed by atoms with van der Waals surface area (Å²) in [5.41, 5.74) is 1.83. The van der Waals surface area contributed by atoms with E-state index in [9.17, 15) is 5.11 Å². The molecular formula is C19H23BrClNO2. The van der Waals surface area contributed by atoms with Crippen LogP contribution >= 0.6 is 27.5 Å². The molecule has 0 bridgehead atoms. The van der Waals surface area contributed by atoms with Crippen LogP contribution < -0.4 is 4.74 Å². The molecule has 2 aromatic rings. The average Bonchev–Trinajstić information content (AvgIpc) is 2.59. The fourth-order valence-electron chi connectivity index (χ4n) is 2.48. The Bertz CT molecular complexity index is 644. The summed E-state index contributed by atoms with van der Waals surface area (Å²) in [4.78, 5) is 2.19. The standard InChI is InChI=1S/C19H23BrClNO2/c1-3-22(4-2)12-18(23)17-11-15(20)7-10-19(17)24-13-14-5-8-16(21)9-6-14/h5-11,18,23H,3-4,12-13H2,1-2H3. The van der Waals surface area contributed by atoms with Gasteiger partial charge in [-0.15, -0.1) is 0 Å². The second-order valence-corrected chi connectivity index (χ2v) is 6.95. The highest BCUT2D eigenvalue weighted by Gasteiger charge is 2.17. The zero-order valence-electron chi connectivity index (χ0n) is 14.0. The molecule has 1 unspecified atom stereocenters. The first-order valence-electron chi connectivity index (χ1n) is 8.10. The first-order chi connectivity index (χ1) is 11.5. The van der Waals surface area contributed by atoms with Gasteiger partial charge in [-0.25, -0.2) is 0 Å². The van der Waals surface area contributed by atoms with Gasteiger partial charge in [-0.05, 0) is 49.0 Å². The summed E-state index contributed by atoms with van der Waals surface area (Å²) in [5, 5.41) is 11.3. The number of benzene rings is 2. The number of rotatable bonds is 8. The number of ether oxygens (including phenoxy) is 1. The molecule has 0 aromatic heterocycles. The minimum atomic E-state index is -0.595. The molecule has 0 saturated heterocycles. The number of hydrogen-bond acceptors (Lipinski definition) is 3. The average molecular weight is 413 g/mol. The van der Waals surface area contributed by atoms with Crippen molar-refractivity contribution in [2.75, 3.05) is 19.6 Å². The van der Waals surface area contributed by atoms with Crippen molar-refractivity contribution in [3.8, 4) is 5.75 Å². The molecule has 0 saturated carbocycles. The van der Waals surface area contributed by atoms with Crippen LogP contribution in [0, 0.1) is 0 Å². The summed E-state index contributed by atoms with van der Waals surface area (Å²) in [5.74, 6) is 0.702. The zero-order valence-corrected chi connectivity index (χ0v) is 16.3. The quantitative estimate of drug-likeness (QED) is 0.658. The maximum absolute atomic E-state index is 10.6. The van der Waals surface area contributed by atoms with Gasteiger partial charge in [-0.2, -0.15) is 0 Å². The largest absolute Gasteiger partial charge is 0.489 e. The van der Waals surface area contributed by atoms with E-state index in [2.05, 4.69) is 34.7 Å². The van der Waals surface area contributed by atoms with E-state index >= 15 is 0 Å². The smallest absolute Gasteiger partial charge is 0.125 e. The highest BCUT2D eigenvalue weighted by molar-refractivity contribution is 9.10. The number of hydrogen-bond donors (Lipinski definition) is 1. The van der Waals surface area contributed by atoms with Crippen LogP contribution in [0.4, 0.5) is 0 Å². The number of nitrogens with zero attached hydrogens (tertiary/aromatic N) is 1. The molecule has 0 aliphatic heterocycles. The Morgan fingerprint density at radius 3 is 2.42 bits per heavy atom. The molecule has 5 heteroatoms. The topological polar surface area (TPSA) is 32.7 Å². The lowest BCUT2D eigenvalue weighted by Gasteiger charge is -2.23. The van der Waals surface area contributed by atoms with Crippen LogP contribution in [0.5, 0.6) is 5.75 Å². The van der Waals surface area contributed by atoms with E-state index in [4.69, 9.17) is 16.3 Å². The Hall–Kier alpha value is -1.07. The second kappa shape index (κ2) is 9.42. The Balaban J connectivity index is 2.12. The first-order valence-corrected chi connectivity index (χ1v) is 9.27. The number of likely N-dealkylation sites (N-methyl/N-ethyl adjacent to an activating group) is 1. The molecule has 1 N–H and O–H groups in total. The molecule has 3 nitrogen and oxygen atoms in total. The lowest BCUT2D eigenvalue weighted by atomic mass is 10.1. The maximum Gasteiger partial charge on any atom is 0.125 e. The molecule has 0 heterocycles. The molecular weight excluding hydrogens is 390 g/mol. The third kappa shape index (κ3) is 5.49. The van der Waals surface area contributed by atoms with Crippen LogP contribution in [0.15, 0.2) is 46.9 Å². The SMILES string of the molecule is CCN(CC)CC(O)c1cc(Br)ccc1OCc1ccc(Cl)cc1. The van der Waals surface area contributed by atoms with Crippen molar-refractivity contribution >= 4 is 27.5 Å². The van der Waals surface area contributed by atoms with Crippen molar-refractivity contribution in [3.05, 3.63) is 63.1 Å². The molecule has 130 valence electrons. The van der Waals surface area contributed by atoms with Gasteiger partial charge in [0.2, 0.25) is 0 Å². The predicted molar refractivity (Wildman–Crippen MR) is 103 cm³/mol. The molecule has 2 aromatic carbocycles. The van der Waals surface area contributed by atoms with Crippen molar-refractivity contribution < 1.29 is 9.84 Å². The van der Waals surface area contributed by atoms with Crippen molar-refractivity contribution in [2.24, 2.45) is 0 Å². The van der Waals surface area contributed by atoms with Crippen molar-refractivity contribution in [3.63, 3.8) is 0 Å². The number of halogens is 2. The van der Waals surface area contributed by atoms with Gasteiger partial charge in [0.25, 0.3) is 0 Å². The third-order valence-corrected chi connectivity index (χ3v) is 4.71. The molecule has 0 amide bonds. The number of aliphatic hydroxyl groups excluding tert-OH is 1. The highest BCUT2D eigenvalue weighted by atomic mass is 79.9. The minimum absolute atomic E-state index is 0.434. The zero-order chi connectivity index (χ0) is 17.5. The van der Waals surface area contributed by atoms with Crippen LogP contribution in [0.25, 0.3) is 0 Å². The highest BCUT2D eigenvalue weighted by Crippen LogP contribution is 2.30. The third-order valence-electron chi connectivity index (χ3n) is 3.96. The Labute approximate surface area is 157 Å². The van der Waals surface area contributed by atoms with Gasteiger partial charge in [0, 0.05) is 21.6 Å². The van der Waals surface area contributed by atoms with Crippen LogP contribution in [0.1, 0.15) is 31.1 Å². The summed E-state index contributed by atoms with van der Waals surface area (Å²) in [6, 6.07) is 13.3. The Morgan fingerprint density at radius 2 is 1.79 bits per heavy atom. The monoisotopic (exact) mass is 411 g/mol. The van der Waals surface area contributed by atoms with Gasteiger partial charge < -0.3 is 14.7 Å². The lowest BCUT2D eigenvalue weighted by Crippen LogP contribution is -2.28. The van der Waals surface area contributed by atoms with Gasteiger partial charge in [-0.3, -0.25) is 0 Å².